The van der Waals surface area contributed by atoms with Crippen LogP contribution < -0.4 is 5.32 Å². The molecule has 1 unspecified atom stereocenters. The van der Waals surface area contributed by atoms with E-state index in [0.717, 1.165) is 55.1 Å². The second kappa shape index (κ2) is 10.3. The van der Waals surface area contributed by atoms with Gasteiger partial charge in [0.2, 0.25) is 11.8 Å². The largest absolute Gasteiger partial charge is 0.351 e. The zero-order chi connectivity index (χ0) is 22.3. The minimum Gasteiger partial charge on any atom is -0.351 e. The Balaban J connectivity index is 1.63. The molecule has 0 radical (unpaired) electrons. The predicted octanol–water partition coefficient (Wildman–Crippen LogP) is 3.26. The molecule has 1 fully saturated rings. The maximum Gasteiger partial charge on any atom is 0.247 e. The highest BCUT2D eigenvalue weighted by molar-refractivity contribution is 5.89. The van der Waals surface area contributed by atoms with Crippen LogP contribution in [-0.2, 0) is 16.1 Å². The van der Waals surface area contributed by atoms with Gasteiger partial charge >= 0.3 is 0 Å². The molecule has 0 spiro atoms. The summed E-state index contributed by atoms with van der Waals surface area (Å²) < 4.78 is 1.61. The molecule has 2 amide bonds. The summed E-state index contributed by atoms with van der Waals surface area (Å²) in [5.74, 6) is -0.284. The molecule has 1 atom stereocenters. The molecule has 1 N–H and O–H groups in total. The Kier molecular flexibility index (Phi) is 7.09. The summed E-state index contributed by atoms with van der Waals surface area (Å²) in [5, 5.41) is 11.5. The molecule has 8 heteroatoms. The minimum atomic E-state index is -0.701. The fourth-order valence-electron chi connectivity index (χ4n) is 4.35. The van der Waals surface area contributed by atoms with E-state index in [1.807, 2.05) is 36.4 Å². The number of carbonyl (C=O) groups excluding carboxylic acids is 2. The zero-order valence-electron chi connectivity index (χ0n) is 18.5. The molecule has 0 bridgehead atoms. The van der Waals surface area contributed by atoms with Crippen LogP contribution in [0.1, 0.15) is 57.1 Å². The maximum absolute atomic E-state index is 13.6. The van der Waals surface area contributed by atoms with Crippen LogP contribution >= 0.6 is 0 Å². The van der Waals surface area contributed by atoms with E-state index >= 15 is 0 Å². The first-order chi connectivity index (χ1) is 15.7. The van der Waals surface area contributed by atoms with E-state index in [9.17, 15) is 9.59 Å². The summed E-state index contributed by atoms with van der Waals surface area (Å²) in [7, 11) is 0. The fraction of sp³-hybridized carbons (Fsp3) is 0.458. The van der Waals surface area contributed by atoms with Crippen molar-refractivity contribution in [3.05, 3.63) is 54.4 Å². The Bertz CT molecular complexity index is 1040. The van der Waals surface area contributed by atoms with E-state index in [1.54, 1.807) is 22.0 Å². The number of fused-ring (bicyclic) bond motifs is 1. The van der Waals surface area contributed by atoms with Gasteiger partial charge in [-0.2, -0.15) is 0 Å². The van der Waals surface area contributed by atoms with Gasteiger partial charge in [-0.15, -0.1) is 5.10 Å². The summed E-state index contributed by atoms with van der Waals surface area (Å²) in [4.78, 5) is 32.8. The number of nitrogens with zero attached hydrogens (tertiary/aromatic N) is 5. The van der Waals surface area contributed by atoms with Gasteiger partial charge in [-0.25, -0.2) is 4.68 Å². The van der Waals surface area contributed by atoms with Gasteiger partial charge in [-0.1, -0.05) is 43.5 Å². The van der Waals surface area contributed by atoms with E-state index in [4.69, 9.17) is 0 Å². The van der Waals surface area contributed by atoms with Gasteiger partial charge in [0.05, 0.1) is 5.52 Å². The number of hydrogen-bond acceptors (Lipinski definition) is 5. The number of carbonyl (C=O) groups is 2. The minimum absolute atomic E-state index is 0.0303. The van der Waals surface area contributed by atoms with Crippen LogP contribution in [0.3, 0.4) is 0 Å². The third-order valence-electron chi connectivity index (χ3n) is 6.06. The molecule has 8 nitrogen and oxygen atoms in total. The molecule has 0 aliphatic heterocycles. The van der Waals surface area contributed by atoms with Crippen LogP contribution in [0.25, 0.3) is 11.0 Å². The molecule has 4 rings (SSSR count). The number of hydrogen-bond donors (Lipinski definition) is 1. The number of nitrogens with one attached hydrogen (secondary N) is 1. The number of amides is 2. The summed E-state index contributed by atoms with van der Waals surface area (Å²) >= 11 is 0. The molecule has 0 saturated heterocycles. The van der Waals surface area contributed by atoms with Gasteiger partial charge in [0.15, 0.2) is 0 Å². The van der Waals surface area contributed by atoms with Crippen molar-refractivity contribution in [1.82, 2.24) is 30.2 Å². The Morgan fingerprint density at radius 2 is 1.91 bits per heavy atom. The topological polar surface area (TPSA) is 93.0 Å². The summed E-state index contributed by atoms with van der Waals surface area (Å²) in [6.07, 6.45) is 9.29. The van der Waals surface area contributed by atoms with Crippen molar-refractivity contribution in [3.8, 4) is 0 Å². The Morgan fingerprint density at radius 3 is 2.66 bits per heavy atom. The van der Waals surface area contributed by atoms with Gasteiger partial charge in [0.1, 0.15) is 18.1 Å². The van der Waals surface area contributed by atoms with Crippen LogP contribution in [-0.4, -0.2) is 49.3 Å². The van der Waals surface area contributed by atoms with Crippen molar-refractivity contribution >= 4 is 22.8 Å². The summed E-state index contributed by atoms with van der Waals surface area (Å²) in [6, 6.07) is 10.7. The molecule has 168 valence electrons. The summed E-state index contributed by atoms with van der Waals surface area (Å²) in [6.45, 7) is 2.60. The van der Waals surface area contributed by atoms with E-state index in [-0.39, 0.29) is 24.4 Å². The lowest BCUT2D eigenvalue weighted by Crippen LogP contribution is -2.47. The highest BCUT2D eigenvalue weighted by Gasteiger charge is 2.33. The first kappa shape index (κ1) is 21.9. The average molecular weight is 435 g/mol. The third-order valence-corrected chi connectivity index (χ3v) is 6.06. The number of para-hydroxylation sites is 1. The first-order valence-corrected chi connectivity index (χ1v) is 11.5. The monoisotopic (exact) mass is 434 g/mol. The normalized spacial score (nSPS) is 15.0. The number of pyridine rings is 1. The lowest BCUT2D eigenvalue weighted by atomic mass is 10.0. The van der Waals surface area contributed by atoms with Crippen LogP contribution in [0.4, 0.5) is 0 Å². The Morgan fingerprint density at radius 1 is 1.16 bits per heavy atom. The highest BCUT2D eigenvalue weighted by atomic mass is 16.2. The smallest absolute Gasteiger partial charge is 0.247 e. The van der Waals surface area contributed by atoms with Crippen LogP contribution in [0.5, 0.6) is 0 Å². The fourth-order valence-corrected chi connectivity index (χ4v) is 4.35. The SMILES string of the molecule is CCCCN(C(=O)Cn1nnc2ccccc21)C(C(=O)NC1CCCC1)c1ccncc1. The van der Waals surface area contributed by atoms with Gasteiger partial charge in [-0.05, 0) is 49.1 Å². The molecule has 2 heterocycles. The lowest BCUT2D eigenvalue weighted by Gasteiger charge is -2.32. The second-order valence-electron chi connectivity index (χ2n) is 8.35. The van der Waals surface area contributed by atoms with Crippen LogP contribution in [0.15, 0.2) is 48.8 Å². The van der Waals surface area contributed by atoms with Gasteiger partial charge < -0.3 is 10.2 Å². The highest BCUT2D eigenvalue weighted by Crippen LogP contribution is 2.25. The molecule has 1 aliphatic rings. The maximum atomic E-state index is 13.6. The molecule has 32 heavy (non-hydrogen) atoms. The summed E-state index contributed by atoms with van der Waals surface area (Å²) in [5.41, 5.74) is 2.31. The third kappa shape index (κ3) is 4.95. The number of benzene rings is 1. The van der Waals surface area contributed by atoms with E-state index < -0.39 is 6.04 Å². The van der Waals surface area contributed by atoms with Crippen LogP contribution in [0, 0.1) is 0 Å². The molecule has 1 aliphatic carbocycles. The molecule has 1 aromatic carbocycles. The zero-order valence-corrected chi connectivity index (χ0v) is 18.5. The van der Waals surface area contributed by atoms with E-state index in [1.165, 1.54) is 0 Å². The predicted molar refractivity (Wildman–Crippen MR) is 122 cm³/mol. The van der Waals surface area contributed by atoms with Crippen molar-refractivity contribution in [2.24, 2.45) is 0 Å². The van der Waals surface area contributed by atoms with Crippen molar-refractivity contribution in [2.45, 2.75) is 64.1 Å². The van der Waals surface area contributed by atoms with E-state index in [0.29, 0.717) is 6.54 Å². The van der Waals surface area contributed by atoms with Crippen molar-refractivity contribution in [2.75, 3.05) is 6.54 Å². The van der Waals surface area contributed by atoms with Crippen LogP contribution in [0.2, 0.25) is 0 Å². The molecular weight excluding hydrogens is 404 g/mol. The molecule has 2 aromatic heterocycles. The lowest BCUT2D eigenvalue weighted by molar-refractivity contribution is -0.141. The molecular formula is C24H30N6O2. The Labute approximate surface area is 188 Å². The first-order valence-electron chi connectivity index (χ1n) is 11.5. The van der Waals surface area contributed by atoms with Gasteiger partial charge in [-0.3, -0.25) is 14.6 Å². The van der Waals surface area contributed by atoms with Gasteiger partial charge in [0, 0.05) is 25.0 Å². The molecule has 1 saturated carbocycles. The van der Waals surface area contributed by atoms with Gasteiger partial charge in [0.25, 0.3) is 0 Å². The van der Waals surface area contributed by atoms with Crippen molar-refractivity contribution in [1.29, 1.82) is 0 Å². The number of rotatable bonds is 9. The Hall–Kier alpha value is -3.29. The van der Waals surface area contributed by atoms with Crippen molar-refractivity contribution < 1.29 is 9.59 Å². The standard InChI is InChI=1S/C24H30N6O2/c1-2-3-16-29(22(31)17-30-21-11-7-6-10-20(21)27-28-30)23(18-12-14-25-15-13-18)24(32)26-19-8-4-5-9-19/h6-7,10-15,19,23H,2-5,8-9,16-17H2,1H3,(H,26,32). The molecule has 3 aromatic rings. The van der Waals surface area contributed by atoms with E-state index in [2.05, 4.69) is 27.5 Å². The average Bonchev–Trinajstić information content (AvgIpc) is 3.47. The van der Waals surface area contributed by atoms with Crippen molar-refractivity contribution in [3.63, 3.8) is 0 Å². The second-order valence-corrected chi connectivity index (χ2v) is 8.35. The number of aromatic nitrogens is 4. The number of unbranched alkanes of at least 4 members (excludes halogenated alkanes) is 1. The quantitative estimate of drug-likeness (QED) is 0.558.